The molecule has 2 aromatic carbocycles. The molecule has 70 heavy (non-hydrogen) atoms. The van der Waals surface area contributed by atoms with E-state index >= 15 is 0 Å². The van der Waals surface area contributed by atoms with Gasteiger partial charge in [-0.2, -0.15) is 11.8 Å². The fourth-order valence-electron chi connectivity index (χ4n) is 11.4. The highest BCUT2D eigenvalue weighted by atomic mass is 32.2. The van der Waals surface area contributed by atoms with Gasteiger partial charge in [0.05, 0.1) is 36.0 Å². The van der Waals surface area contributed by atoms with Crippen LogP contribution in [0.5, 0.6) is 0 Å². The Morgan fingerprint density at radius 2 is 1.57 bits per heavy atom. The molecule has 5 rings (SSSR count). The molecule has 14 nitrogen and oxygen atoms in total. The number of amides is 1. The van der Waals surface area contributed by atoms with Gasteiger partial charge in [-0.3, -0.25) is 4.90 Å². The first-order valence-corrected chi connectivity index (χ1v) is 28.4. The second-order valence-electron chi connectivity index (χ2n) is 22.2. The molecule has 0 radical (unpaired) electrons. The zero-order valence-electron chi connectivity index (χ0n) is 45.1. The maximum Gasteiger partial charge on any atom is 0.410 e. The van der Waals surface area contributed by atoms with E-state index in [0.717, 1.165) is 22.5 Å². The summed E-state index contributed by atoms with van der Waals surface area (Å²) in [6, 6.07) is 21.1. The lowest BCUT2D eigenvalue weighted by Gasteiger charge is -2.49. The van der Waals surface area contributed by atoms with Gasteiger partial charge in [0.25, 0.3) is 8.32 Å². The van der Waals surface area contributed by atoms with Crippen molar-refractivity contribution in [2.75, 3.05) is 40.0 Å². The number of thioether (sulfide) groups is 1. The molecular weight excluding hydrogens is 923 g/mol. The van der Waals surface area contributed by atoms with Crippen LogP contribution >= 0.6 is 11.8 Å². The summed E-state index contributed by atoms with van der Waals surface area (Å²) in [6.07, 6.45) is 2.82. The van der Waals surface area contributed by atoms with E-state index < -0.39 is 55.7 Å². The molecule has 2 fully saturated rings. The number of hydrogen-bond acceptors (Lipinski definition) is 12. The number of benzene rings is 2. The summed E-state index contributed by atoms with van der Waals surface area (Å²) in [6.45, 7) is 28.0. The third kappa shape index (κ3) is 12.9. The number of methoxy groups -OCH3 is 1. The van der Waals surface area contributed by atoms with Crippen LogP contribution in [0.4, 0.5) is 4.79 Å². The highest BCUT2D eigenvalue weighted by Crippen LogP contribution is 2.46. The minimum atomic E-state index is -3.08. The van der Waals surface area contributed by atoms with Crippen LogP contribution in [-0.4, -0.2) is 129 Å². The van der Waals surface area contributed by atoms with Crippen LogP contribution < -0.4 is 10.4 Å². The number of carbonyl (C=O) groups is 2. The fraction of sp³-hybridized carbons (Fsp3) is 0.704. The van der Waals surface area contributed by atoms with Gasteiger partial charge in [-0.05, 0) is 99.6 Å². The van der Waals surface area contributed by atoms with Gasteiger partial charge in [0.15, 0.2) is 11.9 Å². The molecule has 0 aromatic heterocycles. The highest BCUT2D eigenvalue weighted by molar-refractivity contribution is 7.99. The number of azide groups is 1. The highest BCUT2D eigenvalue weighted by Gasteiger charge is 2.61. The van der Waals surface area contributed by atoms with Gasteiger partial charge in [0, 0.05) is 62.1 Å². The third-order valence-corrected chi connectivity index (χ3v) is 21.5. The van der Waals surface area contributed by atoms with Crippen molar-refractivity contribution >= 4 is 42.5 Å². The van der Waals surface area contributed by atoms with Crippen LogP contribution in [0.3, 0.4) is 0 Å². The zero-order chi connectivity index (χ0) is 51.8. The molecule has 16 heteroatoms. The largest absolute Gasteiger partial charge is 0.456 e. The Kier molecular flexibility index (Phi) is 19.6. The molecule has 0 saturated carbocycles. The van der Waals surface area contributed by atoms with Gasteiger partial charge in [0.2, 0.25) is 5.79 Å². The van der Waals surface area contributed by atoms with Crippen molar-refractivity contribution in [1.82, 2.24) is 9.80 Å². The van der Waals surface area contributed by atoms with Crippen molar-refractivity contribution < 1.29 is 42.4 Å². The molecule has 3 unspecified atom stereocenters. The summed E-state index contributed by atoms with van der Waals surface area (Å²) >= 11 is 1.81. The maximum atomic E-state index is 14.4. The molecule has 3 aliphatic heterocycles. The number of ether oxygens (including phenoxy) is 6. The molecule has 1 amide bonds. The fourth-order valence-corrected chi connectivity index (χ4v) is 17.6. The molecule has 0 N–H and O–H groups in total. The Morgan fingerprint density at radius 1 is 0.957 bits per heavy atom. The molecule has 0 spiro atoms. The number of rotatable bonds is 24. The quantitative estimate of drug-likeness (QED) is 0.0247. The van der Waals surface area contributed by atoms with Crippen LogP contribution in [-0.2, 0) is 37.6 Å². The van der Waals surface area contributed by atoms with Crippen molar-refractivity contribution in [3.63, 3.8) is 0 Å². The van der Waals surface area contributed by atoms with Gasteiger partial charge in [-0.1, -0.05) is 121 Å². The van der Waals surface area contributed by atoms with E-state index in [2.05, 4.69) is 147 Å². The average molecular weight is 1010 g/mol. The van der Waals surface area contributed by atoms with E-state index in [1.807, 2.05) is 35.7 Å². The predicted molar refractivity (Wildman–Crippen MR) is 281 cm³/mol. The molecule has 2 saturated heterocycles. The van der Waals surface area contributed by atoms with Crippen LogP contribution in [0.1, 0.15) is 122 Å². The van der Waals surface area contributed by atoms with Crippen molar-refractivity contribution in [3.05, 3.63) is 82.9 Å². The van der Waals surface area contributed by atoms with Crippen LogP contribution in [0, 0.1) is 17.8 Å². The number of unbranched alkanes of at least 4 members (excludes halogenated alkanes) is 1. The van der Waals surface area contributed by atoms with E-state index in [1.165, 1.54) is 6.08 Å². The summed E-state index contributed by atoms with van der Waals surface area (Å²) in [5.41, 5.74) is 7.07. The predicted octanol–water partition coefficient (Wildman–Crippen LogP) is 10.5. The van der Waals surface area contributed by atoms with Crippen molar-refractivity contribution in [3.8, 4) is 0 Å². The van der Waals surface area contributed by atoms with Gasteiger partial charge in [-0.15, -0.1) is 0 Å². The first-order chi connectivity index (χ1) is 32.9. The van der Waals surface area contributed by atoms with E-state index in [1.54, 1.807) is 21.0 Å². The molecule has 0 aliphatic carbocycles. The second kappa shape index (κ2) is 24.0. The summed E-state index contributed by atoms with van der Waals surface area (Å²) < 4.78 is 46.7. The normalized spacial score (nSPS) is 27.0. The zero-order valence-corrected chi connectivity index (χ0v) is 46.9. The molecular formula is C54H85N5O9SSi. The minimum Gasteiger partial charge on any atom is -0.456 e. The van der Waals surface area contributed by atoms with Gasteiger partial charge in [0.1, 0.15) is 5.76 Å². The SMILES string of the molecule is CC[C@@H](O[Si](c1ccccc1)(c1ccccc1)C(C)(C)C)[C@@]1(C)OC(=O)N(CCCCN=[N+]=[N-])[C@@H]1[C@@H](C)SC[C@H](C)C[C@@](C)(OC)[C@H](O[C@@H]1OC(C)CC(N(C)C)C1C)[C@@H](C)C1=CC(=O)OC(C)(C)O1. The smallest absolute Gasteiger partial charge is 0.410 e. The Balaban J connectivity index is 1.48. The lowest BCUT2D eigenvalue weighted by atomic mass is 9.81. The van der Waals surface area contributed by atoms with Crippen molar-refractivity contribution in [1.29, 1.82) is 0 Å². The van der Waals surface area contributed by atoms with E-state index in [0.29, 0.717) is 44.5 Å². The Hall–Kier alpha value is -3.60. The number of carbonyl (C=O) groups excluding carboxylic acids is 2. The molecule has 12 atom stereocenters. The van der Waals surface area contributed by atoms with E-state index in [4.69, 9.17) is 38.4 Å². The average Bonchev–Trinajstić information content (AvgIpc) is 3.56. The summed E-state index contributed by atoms with van der Waals surface area (Å²) in [7, 11) is 2.83. The topological polar surface area (TPSA) is 154 Å². The molecule has 3 aliphatic rings. The summed E-state index contributed by atoms with van der Waals surface area (Å²) in [5, 5.41) is 5.69. The van der Waals surface area contributed by atoms with Crippen molar-refractivity contribution in [2.45, 2.75) is 186 Å². The van der Waals surface area contributed by atoms with Gasteiger partial charge < -0.3 is 37.7 Å². The summed E-state index contributed by atoms with van der Waals surface area (Å²) in [4.78, 5) is 34.4. The molecule has 3 heterocycles. The lowest BCUT2D eigenvalue weighted by molar-refractivity contribution is -0.284. The van der Waals surface area contributed by atoms with Crippen molar-refractivity contribution in [2.24, 2.45) is 22.9 Å². The maximum absolute atomic E-state index is 14.4. The molecule has 2 aromatic rings. The van der Waals surface area contributed by atoms with Crippen LogP contribution in [0.2, 0.25) is 5.04 Å². The number of nitrogens with zero attached hydrogens (tertiary/aromatic N) is 5. The van der Waals surface area contributed by atoms with Gasteiger partial charge >= 0.3 is 12.1 Å². The first-order valence-electron chi connectivity index (χ1n) is 25.4. The van der Waals surface area contributed by atoms with E-state index in [-0.39, 0.29) is 46.4 Å². The number of hydrogen-bond donors (Lipinski definition) is 0. The Bertz CT molecular complexity index is 2070. The monoisotopic (exact) mass is 1010 g/mol. The van der Waals surface area contributed by atoms with Crippen LogP contribution in [0.25, 0.3) is 10.4 Å². The van der Waals surface area contributed by atoms with Crippen LogP contribution in [0.15, 0.2) is 77.6 Å². The molecule has 390 valence electrons. The summed E-state index contributed by atoms with van der Waals surface area (Å²) in [5.74, 6) is -0.700. The molecule has 0 bridgehead atoms. The number of esters is 1. The standard InChI is InChI=1S/C54H85N5O9SSi/c1-17-45(68-70(51(7,8)9,41-26-20-18-21-27-41)42-28-22-19-23-29-42)54(13)47(59(50(61)67-54)31-25-24-30-56-57-55)40(6)69-35-36(2)34-53(12,62-16)48(39(5)44-33-46(60)66-52(10,11)65-44)64-49-38(4)43(58(14)15)32-37(3)63-49/h18-23,26-29,33,36-40,43,45,47-49H,17,24-25,30-32,34-35H2,1-16H3/t36-,37?,38?,39+,40-,43?,45-,47-,48-,49+,53-,54-/m1/s1. The number of cyclic esters (lactones) is 2. The Labute approximate surface area is 425 Å². The third-order valence-electron chi connectivity index (χ3n) is 14.9. The van der Waals surface area contributed by atoms with Gasteiger partial charge in [-0.25, -0.2) is 9.59 Å². The second-order valence-corrected chi connectivity index (χ2v) is 27.8. The first kappa shape index (κ1) is 57.3. The minimum absolute atomic E-state index is 0.0291. The Morgan fingerprint density at radius 3 is 2.10 bits per heavy atom. The van der Waals surface area contributed by atoms with E-state index in [9.17, 15) is 9.59 Å². The lowest BCUT2D eigenvalue weighted by Crippen LogP contribution is -2.70.